The molecule has 19 heavy (non-hydrogen) atoms. The summed E-state index contributed by atoms with van der Waals surface area (Å²) in [6.45, 7) is 1.88. The molecule has 0 radical (unpaired) electrons. The minimum atomic E-state index is -0.263. The van der Waals surface area contributed by atoms with Gasteiger partial charge in [0.15, 0.2) is 5.65 Å². The van der Waals surface area contributed by atoms with E-state index in [1.165, 1.54) is 6.07 Å². The van der Waals surface area contributed by atoms with Crippen LogP contribution in [0.1, 0.15) is 18.5 Å². The Bertz CT molecular complexity index is 735. The van der Waals surface area contributed by atoms with Crippen LogP contribution in [0.25, 0.3) is 11.2 Å². The van der Waals surface area contributed by atoms with E-state index in [9.17, 15) is 4.39 Å². The standard InChI is InChI=1S/C14H13FN4/c1-9(10-5-2-3-6-11(10)15)19-13-12(18-14(19)16)7-4-8-17-13/h2-9H,1H3,(H2,16,18). The van der Waals surface area contributed by atoms with Gasteiger partial charge in [0.2, 0.25) is 5.95 Å². The minimum absolute atomic E-state index is 0.257. The number of rotatable bonds is 2. The predicted octanol–water partition coefficient (Wildman–Crippen LogP) is 2.76. The molecule has 5 heteroatoms. The zero-order chi connectivity index (χ0) is 13.4. The number of aromatic nitrogens is 3. The fraction of sp³-hybridized carbons (Fsp3) is 0.143. The van der Waals surface area contributed by atoms with Gasteiger partial charge in [0.1, 0.15) is 11.3 Å². The van der Waals surface area contributed by atoms with Crippen molar-refractivity contribution in [1.82, 2.24) is 14.5 Å². The van der Waals surface area contributed by atoms with Gasteiger partial charge >= 0.3 is 0 Å². The van der Waals surface area contributed by atoms with Crippen LogP contribution in [0, 0.1) is 5.82 Å². The summed E-state index contributed by atoms with van der Waals surface area (Å²) in [5, 5.41) is 0. The fourth-order valence-electron chi connectivity index (χ4n) is 2.28. The second-order valence-electron chi connectivity index (χ2n) is 4.38. The van der Waals surface area contributed by atoms with Crippen LogP contribution in [0.15, 0.2) is 42.6 Å². The maximum atomic E-state index is 13.9. The fourth-order valence-corrected chi connectivity index (χ4v) is 2.28. The number of anilines is 1. The van der Waals surface area contributed by atoms with Gasteiger partial charge < -0.3 is 5.73 Å². The molecule has 0 aliphatic heterocycles. The second-order valence-corrected chi connectivity index (χ2v) is 4.38. The average molecular weight is 256 g/mol. The van der Waals surface area contributed by atoms with Crippen LogP contribution >= 0.6 is 0 Å². The number of halogens is 1. The summed E-state index contributed by atoms with van der Waals surface area (Å²) >= 11 is 0. The smallest absolute Gasteiger partial charge is 0.203 e. The summed E-state index contributed by atoms with van der Waals surface area (Å²) < 4.78 is 15.6. The molecule has 2 N–H and O–H groups in total. The number of hydrogen-bond acceptors (Lipinski definition) is 3. The molecule has 3 aromatic rings. The Morgan fingerprint density at radius 1 is 1.21 bits per heavy atom. The van der Waals surface area contributed by atoms with Crippen LogP contribution in [0.4, 0.5) is 10.3 Å². The van der Waals surface area contributed by atoms with Gasteiger partial charge in [0.05, 0.1) is 6.04 Å². The van der Waals surface area contributed by atoms with Crippen molar-refractivity contribution in [3.8, 4) is 0 Å². The molecule has 3 rings (SSSR count). The Morgan fingerprint density at radius 2 is 2.00 bits per heavy atom. The lowest BCUT2D eigenvalue weighted by atomic mass is 10.1. The minimum Gasteiger partial charge on any atom is -0.369 e. The van der Waals surface area contributed by atoms with Crippen molar-refractivity contribution >= 4 is 17.1 Å². The summed E-state index contributed by atoms with van der Waals surface area (Å²) in [5.74, 6) is 0.0802. The van der Waals surface area contributed by atoms with Gasteiger partial charge in [-0.3, -0.25) is 4.57 Å². The van der Waals surface area contributed by atoms with E-state index < -0.39 is 0 Å². The van der Waals surface area contributed by atoms with E-state index in [0.29, 0.717) is 22.7 Å². The lowest BCUT2D eigenvalue weighted by Gasteiger charge is -2.16. The molecule has 0 bridgehead atoms. The molecule has 96 valence electrons. The summed E-state index contributed by atoms with van der Waals surface area (Å²) in [6, 6.07) is 10.0. The first-order chi connectivity index (χ1) is 9.18. The normalized spacial score (nSPS) is 12.7. The molecule has 4 nitrogen and oxygen atoms in total. The highest BCUT2D eigenvalue weighted by molar-refractivity contribution is 5.74. The summed E-state index contributed by atoms with van der Waals surface area (Å²) in [4.78, 5) is 8.52. The second kappa shape index (κ2) is 4.35. The molecule has 0 aliphatic carbocycles. The van der Waals surface area contributed by atoms with Crippen LogP contribution in [0.5, 0.6) is 0 Å². The van der Waals surface area contributed by atoms with Crippen molar-refractivity contribution in [3.63, 3.8) is 0 Å². The van der Waals surface area contributed by atoms with E-state index in [4.69, 9.17) is 5.73 Å². The monoisotopic (exact) mass is 256 g/mol. The van der Waals surface area contributed by atoms with E-state index in [-0.39, 0.29) is 11.9 Å². The number of benzene rings is 1. The number of fused-ring (bicyclic) bond motifs is 1. The Kier molecular flexibility index (Phi) is 2.67. The zero-order valence-corrected chi connectivity index (χ0v) is 10.4. The molecule has 1 atom stereocenters. The number of hydrogen-bond donors (Lipinski definition) is 1. The van der Waals surface area contributed by atoms with E-state index in [1.807, 2.05) is 13.0 Å². The van der Waals surface area contributed by atoms with Crippen LogP contribution in [0.3, 0.4) is 0 Å². The van der Waals surface area contributed by atoms with Crippen LogP contribution in [-0.4, -0.2) is 14.5 Å². The maximum absolute atomic E-state index is 13.9. The molecule has 1 aromatic carbocycles. The topological polar surface area (TPSA) is 56.7 Å². The lowest BCUT2D eigenvalue weighted by Crippen LogP contribution is -2.12. The van der Waals surface area contributed by atoms with Gasteiger partial charge in [-0.2, -0.15) is 0 Å². The van der Waals surface area contributed by atoms with Crippen molar-refractivity contribution in [2.24, 2.45) is 0 Å². The van der Waals surface area contributed by atoms with Crippen molar-refractivity contribution in [2.45, 2.75) is 13.0 Å². The number of pyridine rings is 1. The maximum Gasteiger partial charge on any atom is 0.203 e. The first-order valence-electron chi connectivity index (χ1n) is 6.01. The third-order valence-electron chi connectivity index (χ3n) is 3.22. The highest BCUT2D eigenvalue weighted by Gasteiger charge is 2.18. The van der Waals surface area contributed by atoms with Crippen molar-refractivity contribution < 1.29 is 4.39 Å². The summed E-state index contributed by atoms with van der Waals surface area (Å²) in [6.07, 6.45) is 1.67. The predicted molar refractivity (Wildman–Crippen MR) is 72.2 cm³/mol. The third kappa shape index (κ3) is 1.83. The highest BCUT2D eigenvalue weighted by atomic mass is 19.1. The number of nitrogen functional groups attached to an aromatic ring is 1. The van der Waals surface area contributed by atoms with Gasteiger partial charge in [-0.15, -0.1) is 0 Å². The van der Waals surface area contributed by atoms with Crippen molar-refractivity contribution in [3.05, 3.63) is 54.0 Å². The summed E-state index contributed by atoms with van der Waals surface area (Å²) in [5.41, 5.74) is 7.87. The highest BCUT2D eigenvalue weighted by Crippen LogP contribution is 2.27. The first-order valence-corrected chi connectivity index (χ1v) is 6.01. The quantitative estimate of drug-likeness (QED) is 0.767. The molecule has 0 spiro atoms. The largest absolute Gasteiger partial charge is 0.369 e. The Labute approximate surface area is 109 Å². The van der Waals surface area contributed by atoms with E-state index in [1.54, 1.807) is 35.0 Å². The molecule has 0 saturated heterocycles. The van der Waals surface area contributed by atoms with Crippen molar-refractivity contribution in [1.29, 1.82) is 0 Å². The molecule has 0 aliphatic rings. The Hall–Kier alpha value is -2.43. The van der Waals surface area contributed by atoms with Gasteiger partial charge in [0, 0.05) is 11.8 Å². The van der Waals surface area contributed by atoms with Gasteiger partial charge in [-0.1, -0.05) is 18.2 Å². The molecule has 2 heterocycles. The molecule has 1 unspecified atom stereocenters. The molecular weight excluding hydrogens is 243 g/mol. The van der Waals surface area contributed by atoms with Crippen LogP contribution in [-0.2, 0) is 0 Å². The Balaban J connectivity index is 2.19. The van der Waals surface area contributed by atoms with Crippen molar-refractivity contribution in [2.75, 3.05) is 5.73 Å². The van der Waals surface area contributed by atoms with Crippen LogP contribution in [0.2, 0.25) is 0 Å². The van der Waals surface area contributed by atoms with Gasteiger partial charge in [-0.05, 0) is 25.1 Å². The molecule has 0 amide bonds. The number of imidazole rings is 1. The zero-order valence-electron chi connectivity index (χ0n) is 10.4. The summed E-state index contributed by atoms with van der Waals surface area (Å²) in [7, 11) is 0. The van der Waals surface area contributed by atoms with Gasteiger partial charge in [-0.25, -0.2) is 14.4 Å². The number of nitrogens with zero attached hydrogens (tertiary/aromatic N) is 3. The van der Waals surface area contributed by atoms with E-state index in [0.717, 1.165) is 0 Å². The van der Waals surface area contributed by atoms with Gasteiger partial charge in [0.25, 0.3) is 0 Å². The first kappa shape index (κ1) is 11.6. The van der Waals surface area contributed by atoms with E-state index >= 15 is 0 Å². The van der Waals surface area contributed by atoms with Crippen LogP contribution < -0.4 is 5.73 Å². The SMILES string of the molecule is CC(c1ccccc1F)n1c(N)nc2cccnc21. The average Bonchev–Trinajstić information content (AvgIpc) is 2.74. The van der Waals surface area contributed by atoms with E-state index in [2.05, 4.69) is 9.97 Å². The Morgan fingerprint density at radius 3 is 2.79 bits per heavy atom. The molecule has 2 aromatic heterocycles. The molecule has 0 fully saturated rings. The third-order valence-corrected chi connectivity index (χ3v) is 3.22. The molecule has 0 saturated carbocycles. The molecular formula is C14H13FN4. The lowest BCUT2D eigenvalue weighted by molar-refractivity contribution is 0.565. The number of nitrogens with two attached hydrogens (primary N) is 1.